The van der Waals surface area contributed by atoms with E-state index in [1.54, 1.807) is 0 Å². The molecule has 0 unspecified atom stereocenters. The molecule has 2 heteroatoms. The SMILES string of the molecule is CC1(C)[C@@H]2C[C@@H](O)[C@@]1(C)CC2=O. The van der Waals surface area contributed by atoms with Crippen molar-refractivity contribution >= 4 is 5.78 Å². The second-order valence-electron chi connectivity index (χ2n) is 5.09. The largest absolute Gasteiger partial charge is 0.393 e. The summed E-state index contributed by atoms with van der Waals surface area (Å²) in [5, 5.41) is 9.78. The highest BCUT2D eigenvalue weighted by atomic mass is 16.3. The fourth-order valence-corrected chi connectivity index (χ4v) is 2.97. The minimum atomic E-state index is -0.268. The van der Waals surface area contributed by atoms with Crippen LogP contribution in [0.2, 0.25) is 0 Å². The lowest BCUT2D eigenvalue weighted by atomic mass is 9.70. The van der Waals surface area contributed by atoms with Crippen molar-refractivity contribution in [3.05, 3.63) is 0 Å². The van der Waals surface area contributed by atoms with Crippen molar-refractivity contribution in [2.75, 3.05) is 0 Å². The molecule has 0 amide bonds. The summed E-state index contributed by atoms with van der Waals surface area (Å²) >= 11 is 0. The Morgan fingerprint density at radius 3 is 2.25 bits per heavy atom. The minimum absolute atomic E-state index is 0.00347. The fourth-order valence-electron chi connectivity index (χ4n) is 2.97. The van der Waals surface area contributed by atoms with Gasteiger partial charge in [-0.3, -0.25) is 4.79 Å². The van der Waals surface area contributed by atoms with Gasteiger partial charge in [0.2, 0.25) is 0 Å². The van der Waals surface area contributed by atoms with Crippen LogP contribution >= 0.6 is 0 Å². The Bertz CT molecular complexity index is 244. The van der Waals surface area contributed by atoms with Gasteiger partial charge in [-0.2, -0.15) is 0 Å². The number of rotatable bonds is 0. The Morgan fingerprint density at radius 2 is 2.00 bits per heavy atom. The van der Waals surface area contributed by atoms with Crippen LogP contribution in [0.25, 0.3) is 0 Å². The molecule has 2 aliphatic rings. The maximum atomic E-state index is 11.5. The number of hydrogen-bond acceptors (Lipinski definition) is 2. The molecule has 0 aromatic carbocycles. The van der Waals surface area contributed by atoms with Gasteiger partial charge >= 0.3 is 0 Å². The number of aliphatic hydroxyl groups is 1. The zero-order valence-corrected chi connectivity index (χ0v) is 7.92. The van der Waals surface area contributed by atoms with Gasteiger partial charge in [0.05, 0.1) is 6.10 Å². The second-order valence-corrected chi connectivity index (χ2v) is 5.09. The third kappa shape index (κ3) is 0.634. The molecule has 2 saturated carbocycles. The van der Waals surface area contributed by atoms with E-state index in [1.807, 2.05) is 6.92 Å². The van der Waals surface area contributed by atoms with Gasteiger partial charge < -0.3 is 5.11 Å². The van der Waals surface area contributed by atoms with Crippen molar-refractivity contribution in [1.29, 1.82) is 0 Å². The van der Waals surface area contributed by atoms with E-state index in [9.17, 15) is 9.90 Å². The topological polar surface area (TPSA) is 37.3 Å². The predicted octanol–water partition coefficient (Wildman–Crippen LogP) is 1.37. The quantitative estimate of drug-likeness (QED) is 0.593. The van der Waals surface area contributed by atoms with Crippen LogP contribution in [0, 0.1) is 16.7 Å². The number of hydrogen-bond donors (Lipinski definition) is 1. The number of fused-ring (bicyclic) bond motifs is 2. The Hall–Kier alpha value is -0.370. The standard InChI is InChI=1S/C10H16O2/c1-9(2)6-4-8(12)10(9,3)5-7(6)11/h6,8,12H,4-5H2,1-3H3/t6-,8-,10-/m1/s1. The molecule has 68 valence electrons. The lowest BCUT2D eigenvalue weighted by molar-refractivity contribution is -0.124. The van der Waals surface area contributed by atoms with Crippen molar-refractivity contribution in [2.45, 2.75) is 39.7 Å². The minimum Gasteiger partial charge on any atom is -0.393 e. The van der Waals surface area contributed by atoms with Crippen LogP contribution in [0.3, 0.4) is 0 Å². The molecule has 0 spiro atoms. The van der Waals surface area contributed by atoms with Crippen LogP contribution in [0.15, 0.2) is 0 Å². The molecule has 0 radical (unpaired) electrons. The summed E-state index contributed by atoms with van der Waals surface area (Å²) in [6.07, 6.45) is 0.990. The zero-order chi connectivity index (χ0) is 9.15. The molecule has 0 aromatic rings. The number of ketones is 1. The summed E-state index contributed by atoms with van der Waals surface area (Å²) in [4.78, 5) is 11.5. The van der Waals surface area contributed by atoms with Crippen LogP contribution in [0.5, 0.6) is 0 Å². The molecule has 0 aliphatic heterocycles. The molecule has 0 aromatic heterocycles. The zero-order valence-electron chi connectivity index (χ0n) is 7.92. The fraction of sp³-hybridized carbons (Fsp3) is 0.900. The maximum absolute atomic E-state index is 11.5. The highest BCUT2D eigenvalue weighted by molar-refractivity contribution is 5.87. The van der Waals surface area contributed by atoms with Crippen molar-refractivity contribution < 1.29 is 9.90 Å². The Balaban J connectivity index is 2.47. The predicted molar refractivity (Wildman–Crippen MR) is 45.6 cm³/mol. The smallest absolute Gasteiger partial charge is 0.137 e. The van der Waals surface area contributed by atoms with Crippen molar-refractivity contribution in [3.63, 3.8) is 0 Å². The Morgan fingerprint density at radius 1 is 1.42 bits per heavy atom. The molecule has 0 saturated heterocycles. The summed E-state index contributed by atoms with van der Waals surface area (Å²) in [6, 6.07) is 0. The van der Waals surface area contributed by atoms with Gasteiger partial charge in [-0.1, -0.05) is 20.8 Å². The lowest BCUT2D eigenvalue weighted by Crippen LogP contribution is -2.35. The molecule has 1 N–H and O–H groups in total. The lowest BCUT2D eigenvalue weighted by Gasteiger charge is -2.35. The van der Waals surface area contributed by atoms with E-state index in [2.05, 4.69) is 13.8 Å². The Labute approximate surface area is 73.0 Å². The highest BCUT2D eigenvalue weighted by Gasteiger charge is 2.65. The van der Waals surface area contributed by atoms with Gasteiger partial charge in [-0.25, -0.2) is 0 Å². The molecule has 3 atom stereocenters. The normalized spacial score (nSPS) is 50.2. The summed E-state index contributed by atoms with van der Waals surface area (Å²) in [6.45, 7) is 6.26. The van der Waals surface area contributed by atoms with Gasteiger partial charge in [-0.05, 0) is 11.8 Å². The molecule has 2 nitrogen and oxygen atoms in total. The number of carbonyl (C=O) groups excluding carboxylic acids is 1. The first kappa shape index (κ1) is 8.24. The van der Waals surface area contributed by atoms with Crippen LogP contribution < -0.4 is 0 Å². The van der Waals surface area contributed by atoms with Gasteiger partial charge in [0, 0.05) is 17.8 Å². The van der Waals surface area contributed by atoms with Crippen LogP contribution in [-0.4, -0.2) is 17.0 Å². The average molecular weight is 168 g/mol. The molecule has 0 heterocycles. The van der Waals surface area contributed by atoms with Gasteiger partial charge in [-0.15, -0.1) is 0 Å². The van der Waals surface area contributed by atoms with E-state index in [0.717, 1.165) is 0 Å². The number of carbonyl (C=O) groups is 1. The van der Waals surface area contributed by atoms with Crippen LogP contribution in [-0.2, 0) is 4.79 Å². The summed E-state index contributed by atoms with van der Waals surface area (Å²) in [5.74, 6) is 0.463. The van der Waals surface area contributed by atoms with E-state index in [4.69, 9.17) is 0 Å². The summed E-state index contributed by atoms with van der Waals surface area (Å²) in [5.41, 5.74) is -0.155. The van der Waals surface area contributed by atoms with E-state index >= 15 is 0 Å². The third-order valence-corrected chi connectivity index (χ3v) is 4.47. The highest BCUT2D eigenvalue weighted by Crippen LogP contribution is 2.63. The number of aliphatic hydroxyl groups excluding tert-OH is 1. The van der Waals surface area contributed by atoms with Gasteiger partial charge in [0.15, 0.2) is 0 Å². The van der Waals surface area contributed by atoms with Crippen molar-refractivity contribution in [3.8, 4) is 0 Å². The van der Waals surface area contributed by atoms with Crippen molar-refractivity contribution in [1.82, 2.24) is 0 Å². The van der Waals surface area contributed by atoms with E-state index in [1.165, 1.54) is 0 Å². The van der Waals surface area contributed by atoms with Gasteiger partial charge in [0.1, 0.15) is 5.78 Å². The molecule has 2 rings (SSSR count). The first-order valence-corrected chi connectivity index (χ1v) is 4.60. The first-order valence-electron chi connectivity index (χ1n) is 4.60. The van der Waals surface area contributed by atoms with E-state index in [0.29, 0.717) is 18.6 Å². The monoisotopic (exact) mass is 168 g/mol. The average Bonchev–Trinajstić information content (AvgIpc) is 2.18. The molecule has 12 heavy (non-hydrogen) atoms. The molecular formula is C10H16O2. The molecule has 2 aliphatic carbocycles. The van der Waals surface area contributed by atoms with E-state index in [-0.39, 0.29) is 22.9 Å². The molecular weight excluding hydrogens is 152 g/mol. The molecule has 2 bridgehead atoms. The van der Waals surface area contributed by atoms with Crippen molar-refractivity contribution in [2.24, 2.45) is 16.7 Å². The summed E-state index contributed by atoms with van der Waals surface area (Å²) in [7, 11) is 0. The van der Waals surface area contributed by atoms with Crippen LogP contribution in [0.4, 0.5) is 0 Å². The second kappa shape index (κ2) is 1.92. The van der Waals surface area contributed by atoms with Crippen LogP contribution in [0.1, 0.15) is 33.6 Å². The third-order valence-electron chi connectivity index (χ3n) is 4.47. The van der Waals surface area contributed by atoms with E-state index < -0.39 is 0 Å². The van der Waals surface area contributed by atoms with Gasteiger partial charge in [0.25, 0.3) is 0 Å². The summed E-state index contributed by atoms with van der Waals surface area (Å²) < 4.78 is 0. The number of Topliss-reactive ketones (excluding diaryl/α,β-unsaturated/α-hetero) is 1. The first-order chi connectivity index (χ1) is 5.39. The Kier molecular flexibility index (Phi) is 1.32. The molecule has 2 fully saturated rings. The maximum Gasteiger partial charge on any atom is 0.137 e.